The lowest BCUT2D eigenvalue weighted by Crippen LogP contribution is -2.67. The first kappa shape index (κ1) is 71.4. The number of fused-ring (bicyclic) bond motifs is 7. The second-order valence-corrected chi connectivity index (χ2v) is 31.9. The number of esters is 2. The zero-order valence-corrected chi connectivity index (χ0v) is 57.3. The van der Waals surface area contributed by atoms with Crippen LogP contribution in [-0.4, -0.2) is 87.0 Å². The second kappa shape index (κ2) is 35.0. The second-order valence-electron chi connectivity index (χ2n) is 31.9. The van der Waals surface area contributed by atoms with Gasteiger partial charge in [-0.3, -0.25) is 0 Å². The van der Waals surface area contributed by atoms with Crippen molar-refractivity contribution in [2.75, 3.05) is 60.0 Å². The van der Waals surface area contributed by atoms with E-state index in [1.807, 2.05) is 0 Å². The Morgan fingerprint density at radius 3 is 1.29 bits per heavy atom. The standard InChI is InChI=1S/C76H142N2O4/c1-14-18-22-26-30-34-38-42-56-77(12,57-43-39-35-31-27-23-19-15-2)60-69(79)81-62-76-53-48-64(63(5)6)71(76)65-46-47-67-73(9)51-50-68(72(7,8)66(73)49-52-75(67,11)74(65,10)54-55-76)82-70(80)61-78(13,58-44-40-36-32-28-24-20-16-3)59-45-41-37-33-29-25-21-17-4/h64-68,71H,5,14-62H2,1-4,6-13H3/q+2/t64-,65?,66?,67?,68-,71?,73-,74+,75+,76+/m0/s1. The summed E-state index contributed by atoms with van der Waals surface area (Å²) < 4.78 is 15.3. The van der Waals surface area contributed by atoms with Gasteiger partial charge in [-0.15, -0.1) is 0 Å². The maximum absolute atomic E-state index is 14.4. The van der Waals surface area contributed by atoms with Gasteiger partial charge in [-0.05, 0) is 168 Å². The summed E-state index contributed by atoms with van der Waals surface area (Å²) in [4.78, 5) is 28.9. The van der Waals surface area contributed by atoms with Crippen molar-refractivity contribution in [3.05, 3.63) is 12.2 Å². The Bertz CT molecular complexity index is 1790. The summed E-state index contributed by atoms with van der Waals surface area (Å²) in [7, 11) is 4.76. The van der Waals surface area contributed by atoms with E-state index < -0.39 is 0 Å². The van der Waals surface area contributed by atoms with Gasteiger partial charge in [0.1, 0.15) is 6.10 Å². The first-order valence-corrected chi connectivity index (χ1v) is 36.9. The van der Waals surface area contributed by atoms with Crippen molar-refractivity contribution in [3.63, 3.8) is 0 Å². The molecule has 5 aliphatic carbocycles. The Kier molecular flexibility index (Phi) is 30.4. The lowest BCUT2D eigenvalue weighted by atomic mass is 9.32. The van der Waals surface area contributed by atoms with Crippen LogP contribution in [-0.2, 0) is 19.1 Å². The van der Waals surface area contributed by atoms with Crippen LogP contribution in [0.25, 0.3) is 0 Å². The van der Waals surface area contributed by atoms with Crippen LogP contribution in [0.15, 0.2) is 12.2 Å². The van der Waals surface area contributed by atoms with Gasteiger partial charge in [0.25, 0.3) is 0 Å². The van der Waals surface area contributed by atoms with Crippen LogP contribution in [0.2, 0.25) is 0 Å². The van der Waals surface area contributed by atoms with E-state index in [1.54, 1.807) is 0 Å². The molecule has 0 aliphatic heterocycles. The molecule has 5 aliphatic rings. The van der Waals surface area contributed by atoms with E-state index in [4.69, 9.17) is 16.1 Å². The zero-order chi connectivity index (χ0) is 59.8. The van der Waals surface area contributed by atoms with Crippen LogP contribution in [0.5, 0.6) is 0 Å². The fourth-order valence-corrected chi connectivity index (χ4v) is 19.9. The maximum Gasteiger partial charge on any atom is 0.362 e. The molecule has 4 unspecified atom stereocenters. The summed E-state index contributed by atoms with van der Waals surface area (Å²) in [6.45, 7) is 35.5. The number of hydrogen-bond acceptors (Lipinski definition) is 4. The van der Waals surface area contributed by atoms with Crippen LogP contribution < -0.4 is 0 Å². The summed E-state index contributed by atoms with van der Waals surface area (Å²) >= 11 is 0. The molecule has 82 heavy (non-hydrogen) atoms. The molecule has 0 aromatic heterocycles. The van der Waals surface area contributed by atoms with E-state index in [1.165, 1.54) is 262 Å². The number of hydrogen-bond donors (Lipinski definition) is 0. The third-order valence-electron chi connectivity index (χ3n) is 25.2. The van der Waals surface area contributed by atoms with Gasteiger partial charge in [-0.25, -0.2) is 9.59 Å². The van der Waals surface area contributed by atoms with Crippen LogP contribution in [0, 0.1) is 56.7 Å². The molecule has 6 nitrogen and oxygen atoms in total. The Labute approximate surface area is 511 Å². The van der Waals surface area contributed by atoms with Crippen molar-refractivity contribution in [1.82, 2.24) is 0 Å². The molecule has 5 fully saturated rings. The van der Waals surface area contributed by atoms with Crippen molar-refractivity contribution in [2.24, 2.45) is 56.7 Å². The number of quaternary nitrogens is 2. The van der Waals surface area contributed by atoms with E-state index in [9.17, 15) is 9.59 Å². The molecule has 0 saturated heterocycles. The zero-order valence-electron chi connectivity index (χ0n) is 57.3. The molecule has 5 rings (SSSR count). The fourth-order valence-electron chi connectivity index (χ4n) is 19.9. The Morgan fingerprint density at radius 1 is 0.451 bits per heavy atom. The van der Waals surface area contributed by atoms with E-state index >= 15 is 0 Å². The van der Waals surface area contributed by atoms with Gasteiger partial charge in [-0.1, -0.05) is 229 Å². The average molecular weight is 1150 g/mol. The van der Waals surface area contributed by atoms with Gasteiger partial charge in [0, 0.05) is 10.8 Å². The summed E-state index contributed by atoms with van der Waals surface area (Å²) in [5.74, 6) is 2.95. The number of likely N-dealkylation sites (N-methyl/N-ethyl adjacent to an activating group) is 2. The van der Waals surface area contributed by atoms with Gasteiger partial charge in [0.15, 0.2) is 13.1 Å². The molecule has 0 bridgehead atoms. The van der Waals surface area contributed by atoms with Crippen LogP contribution in [0.4, 0.5) is 0 Å². The lowest BCUT2D eigenvalue weighted by molar-refractivity contribution is -0.903. The van der Waals surface area contributed by atoms with E-state index in [0.717, 1.165) is 48.0 Å². The summed E-state index contributed by atoms with van der Waals surface area (Å²) in [5, 5.41) is 0. The van der Waals surface area contributed by atoms with E-state index in [0.29, 0.717) is 49.3 Å². The SMILES string of the molecule is C=C(C)[C@@H]1CC[C@]2(COC(=O)C[N+](C)(CCCCCCCCCC)CCCCCCCCCC)CC[C@]3(C)C(CCC4[C@@]5(C)CC[C@H](OC(=O)C[N+](C)(CCCCCCCCCC)CCCCCCCCCC)C(C)(C)C5CC[C@]43C)C12. The number of carbonyl (C=O) groups is 2. The van der Waals surface area contributed by atoms with Gasteiger partial charge >= 0.3 is 11.9 Å². The highest BCUT2D eigenvalue weighted by Crippen LogP contribution is 2.77. The monoisotopic (exact) mass is 1150 g/mol. The summed E-state index contributed by atoms with van der Waals surface area (Å²) in [6.07, 6.45) is 54.4. The highest BCUT2D eigenvalue weighted by atomic mass is 16.5. The quantitative estimate of drug-likeness (QED) is 0.0264. The van der Waals surface area contributed by atoms with Gasteiger partial charge in [-0.2, -0.15) is 0 Å². The minimum atomic E-state index is -0.0701. The van der Waals surface area contributed by atoms with Crippen molar-refractivity contribution in [1.29, 1.82) is 0 Å². The number of nitrogens with zero attached hydrogens (tertiary/aromatic N) is 2. The Hall–Kier alpha value is -1.40. The van der Waals surface area contributed by atoms with Gasteiger partial charge in [0.05, 0.1) is 46.9 Å². The highest BCUT2D eigenvalue weighted by Gasteiger charge is 2.71. The molecule has 0 amide bonds. The predicted molar refractivity (Wildman–Crippen MR) is 352 cm³/mol. The van der Waals surface area contributed by atoms with Gasteiger partial charge in [0.2, 0.25) is 0 Å². The molecular weight excluding hydrogens is 1000 g/mol. The van der Waals surface area contributed by atoms with E-state index in [2.05, 4.69) is 83.3 Å². The molecule has 0 aromatic carbocycles. The van der Waals surface area contributed by atoms with Crippen molar-refractivity contribution >= 4 is 11.9 Å². The molecule has 478 valence electrons. The number of ether oxygens (including phenoxy) is 2. The Morgan fingerprint density at radius 2 is 0.866 bits per heavy atom. The summed E-state index contributed by atoms with van der Waals surface area (Å²) in [6, 6.07) is 0. The number of rotatable bonds is 44. The molecule has 10 atom stereocenters. The normalized spacial score (nSPS) is 29.6. The molecule has 0 aromatic rings. The molecule has 0 radical (unpaired) electrons. The van der Waals surface area contributed by atoms with Gasteiger partial charge < -0.3 is 18.4 Å². The van der Waals surface area contributed by atoms with E-state index in [-0.39, 0.29) is 45.1 Å². The summed E-state index contributed by atoms with van der Waals surface area (Å²) in [5.41, 5.74) is 2.02. The van der Waals surface area contributed by atoms with Crippen LogP contribution in [0.1, 0.15) is 339 Å². The average Bonchev–Trinajstić information content (AvgIpc) is 1.21. The largest absolute Gasteiger partial charge is 0.461 e. The molecule has 5 saturated carbocycles. The molecule has 0 N–H and O–H groups in total. The third-order valence-corrected chi connectivity index (χ3v) is 25.2. The highest BCUT2D eigenvalue weighted by molar-refractivity contribution is 5.71. The maximum atomic E-state index is 14.4. The minimum Gasteiger partial charge on any atom is -0.461 e. The first-order chi connectivity index (χ1) is 39.2. The number of carbonyl (C=O) groups excluding carboxylic acids is 2. The molecule has 0 spiro atoms. The lowest BCUT2D eigenvalue weighted by Gasteiger charge is -2.73. The topological polar surface area (TPSA) is 52.6 Å². The molecule has 6 heteroatoms. The van der Waals surface area contributed by atoms with Crippen LogP contribution in [0.3, 0.4) is 0 Å². The van der Waals surface area contributed by atoms with Crippen molar-refractivity contribution in [3.8, 4) is 0 Å². The Balaban J connectivity index is 1.23. The fraction of sp³-hybridized carbons (Fsp3) is 0.947. The number of unbranched alkanes of at least 4 members (excludes halogenated alkanes) is 28. The molecular formula is C76H142N2O4+2. The predicted octanol–water partition coefficient (Wildman–Crippen LogP) is 21.6. The van der Waals surface area contributed by atoms with Crippen LogP contribution >= 0.6 is 0 Å². The van der Waals surface area contributed by atoms with Crippen molar-refractivity contribution in [2.45, 2.75) is 345 Å². The third kappa shape index (κ3) is 19.5. The smallest absolute Gasteiger partial charge is 0.362 e. The minimum absolute atomic E-state index is 0.0197. The van der Waals surface area contributed by atoms with Crippen molar-refractivity contribution < 1.29 is 28.0 Å². The molecule has 0 heterocycles. The number of allylic oxidation sites excluding steroid dienone is 1. The first-order valence-electron chi connectivity index (χ1n) is 36.9.